The van der Waals surface area contributed by atoms with Crippen molar-refractivity contribution in [3.63, 3.8) is 0 Å². The average molecular weight is 286 g/mol. The van der Waals surface area contributed by atoms with Gasteiger partial charge in [0.05, 0.1) is 6.54 Å². The Balaban J connectivity index is 2.44. The monoisotopic (exact) mass is 286 g/mol. The fourth-order valence-corrected chi connectivity index (χ4v) is 2.49. The van der Waals surface area contributed by atoms with E-state index in [9.17, 15) is 9.59 Å². The molecule has 6 nitrogen and oxygen atoms in total. The number of hydrogen-bond acceptors (Lipinski definition) is 4. The highest BCUT2D eigenvalue weighted by Gasteiger charge is 2.18. The molecule has 1 aromatic heterocycles. The van der Waals surface area contributed by atoms with Crippen LogP contribution < -0.4 is 10.6 Å². The van der Waals surface area contributed by atoms with E-state index < -0.39 is 18.0 Å². The van der Waals surface area contributed by atoms with E-state index in [1.807, 2.05) is 19.9 Å². The van der Waals surface area contributed by atoms with Crippen molar-refractivity contribution in [2.45, 2.75) is 32.9 Å². The summed E-state index contributed by atoms with van der Waals surface area (Å²) in [6.07, 6.45) is -0.0139. The number of carboxylic acid groups (broad SMARTS) is 1. The van der Waals surface area contributed by atoms with Gasteiger partial charge in [0.25, 0.3) is 0 Å². The first-order valence-corrected chi connectivity index (χ1v) is 6.69. The van der Waals surface area contributed by atoms with Crippen LogP contribution in [0.2, 0.25) is 0 Å². The number of aliphatic hydroxyl groups is 1. The first-order chi connectivity index (χ1) is 8.93. The van der Waals surface area contributed by atoms with E-state index in [1.54, 1.807) is 11.3 Å². The normalized spacial score (nSPS) is 11.9. The lowest BCUT2D eigenvalue weighted by Crippen LogP contribution is -2.46. The third kappa shape index (κ3) is 4.88. The molecule has 0 aliphatic rings. The standard InChI is InChI=1S/C12H18N2O4S/c1-7-5-9(19-8(7)2)6-13-12(18)14-10(3-4-15)11(16)17/h5,10,15H,3-4,6H2,1-2H3,(H,16,17)(H2,13,14,18)/t10-/m1/s1. The number of nitrogens with one attached hydrogen (secondary N) is 2. The highest BCUT2D eigenvalue weighted by atomic mass is 32.1. The van der Waals surface area contributed by atoms with Crippen LogP contribution in [0.25, 0.3) is 0 Å². The van der Waals surface area contributed by atoms with Crippen molar-refractivity contribution in [1.29, 1.82) is 0 Å². The van der Waals surface area contributed by atoms with Crippen LogP contribution in [-0.2, 0) is 11.3 Å². The van der Waals surface area contributed by atoms with E-state index in [-0.39, 0.29) is 13.0 Å². The number of rotatable bonds is 6. The number of aryl methyl sites for hydroxylation is 2. The Bertz CT molecular complexity index is 439. The van der Waals surface area contributed by atoms with Crippen molar-refractivity contribution >= 4 is 23.3 Å². The van der Waals surface area contributed by atoms with Gasteiger partial charge < -0.3 is 20.8 Å². The molecule has 19 heavy (non-hydrogen) atoms. The van der Waals surface area contributed by atoms with E-state index in [1.165, 1.54) is 10.4 Å². The lowest BCUT2D eigenvalue weighted by molar-refractivity contribution is -0.139. The fraction of sp³-hybridized carbons (Fsp3) is 0.500. The van der Waals surface area contributed by atoms with Crippen LogP contribution in [-0.4, -0.2) is 34.9 Å². The summed E-state index contributed by atoms with van der Waals surface area (Å²) < 4.78 is 0. The maximum absolute atomic E-state index is 11.5. The van der Waals surface area contributed by atoms with E-state index in [0.717, 1.165) is 4.88 Å². The number of aliphatic carboxylic acids is 1. The zero-order valence-electron chi connectivity index (χ0n) is 10.9. The summed E-state index contributed by atoms with van der Waals surface area (Å²) in [7, 11) is 0. The van der Waals surface area contributed by atoms with Gasteiger partial charge in [0, 0.05) is 22.8 Å². The van der Waals surface area contributed by atoms with Crippen LogP contribution >= 0.6 is 11.3 Å². The van der Waals surface area contributed by atoms with Gasteiger partial charge in [-0.1, -0.05) is 0 Å². The molecule has 0 radical (unpaired) electrons. The molecule has 0 spiro atoms. The molecule has 7 heteroatoms. The molecule has 4 N–H and O–H groups in total. The fourth-order valence-electron chi connectivity index (χ4n) is 1.50. The van der Waals surface area contributed by atoms with E-state index >= 15 is 0 Å². The number of carbonyl (C=O) groups excluding carboxylic acids is 1. The molecule has 0 saturated carbocycles. The van der Waals surface area contributed by atoms with Gasteiger partial charge in [-0.05, 0) is 25.5 Å². The zero-order chi connectivity index (χ0) is 14.4. The van der Waals surface area contributed by atoms with Crippen LogP contribution in [0.5, 0.6) is 0 Å². The van der Waals surface area contributed by atoms with Crippen molar-refractivity contribution in [1.82, 2.24) is 10.6 Å². The second-order valence-corrected chi connectivity index (χ2v) is 5.52. The summed E-state index contributed by atoms with van der Waals surface area (Å²) in [4.78, 5) is 24.5. The van der Waals surface area contributed by atoms with Crippen molar-refractivity contribution in [3.05, 3.63) is 21.4 Å². The van der Waals surface area contributed by atoms with Gasteiger partial charge in [-0.3, -0.25) is 0 Å². The Morgan fingerprint density at radius 1 is 1.42 bits per heavy atom. The first-order valence-electron chi connectivity index (χ1n) is 5.88. The van der Waals surface area contributed by atoms with Gasteiger partial charge in [-0.2, -0.15) is 0 Å². The van der Waals surface area contributed by atoms with E-state index in [4.69, 9.17) is 10.2 Å². The van der Waals surface area contributed by atoms with Gasteiger partial charge in [0.15, 0.2) is 0 Å². The second-order valence-electron chi connectivity index (χ2n) is 4.18. The molecular formula is C12H18N2O4S. The summed E-state index contributed by atoms with van der Waals surface area (Å²) in [5.74, 6) is -1.16. The Kier molecular flexibility index (Phi) is 5.78. The lowest BCUT2D eigenvalue weighted by atomic mass is 10.2. The topological polar surface area (TPSA) is 98.7 Å². The highest BCUT2D eigenvalue weighted by molar-refractivity contribution is 7.12. The second kappa shape index (κ2) is 7.10. The molecule has 1 aromatic rings. The molecule has 0 saturated heterocycles. The van der Waals surface area contributed by atoms with Crippen molar-refractivity contribution in [2.75, 3.05) is 6.61 Å². The average Bonchev–Trinajstić information content (AvgIpc) is 2.65. The maximum atomic E-state index is 11.5. The van der Waals surface area contributed by atoms with Crippen LogP contribution in [0.15, 0.2) is 6.07 Å². The molecule has 0 bridgehead atoms. The van der Waals surface area contributed by atoms with Crippen LogP contribution in [0.3, 0.4) is 0 Å². The van der Waals surface area contributed by atoms with E-state index in [2.05, 4.69) is 10.6 Å². The summed E-state index contributed by atoms with van der Waals surface area (Å²) in [5.41, 5.74) is 1.17. The summed E-state index contributed by atoms with van der Waals surface area (Å²) in [5, 5.41) is 22.4. The molecular weight excluding hydrogens is 268 g/mol. The zero-order valence-corrected chi connectivity index (χ0v) is 11.7. The Morgan fingerprint density at radius 2 is 2.11 bits per heavy atom. The number of thiophene rings is 1. The summed E-state index contributed by atoms with van der Waals surface area (Å²) >= 11 is 1.59. The minimum Gasteiger partial charge on any atom is -0.480 e. The SMILES string of the molecule is Cc1cc(CNC(=O)N[C@H](CCO)C(=O)O)sc1C. The van der Waals surface area contributed by atoms with Crippen molar-refractivity contribution in [3.8, 4) is 0 Å². The van der Waals surface area contributed by atoms with Crippen LogP contribution in [0.1, 0.15) is 21.7 Å². The molecule has 1 heterocycles. The van der Waals surface area contributed by atoms with Crippen LogP contribution in [0.4, 0.5) is 4.79 Å². The van der Waals surface area contributed by atoms with Crippen LogP contribution in [0, 0.1) is 13.8 Å². The minimum atomic E-state index is -1.16. The molecule has 0 aliphatic carbocycles. The predicted octanol–water partition coefficient (Wildman–Crippen LogP) is 1.000. The molecule has 106 valence electrons. The number of urea groups is 1. The summed E-state index contributed by atoms with van der Waals surface area (Å²) in [6, 6.07) is 0.365. The van der Waals surface area contributed by atoms with E-state index in [0.29, 0.717) is 6.54 Å². The third-order valence-electron chi connectivity index (χ3n) is 2.66. The summed E-state index contributed by atoms with van der Waals surface area (Å²) in [6.45, 7) is 4.07. The molecule has 1 rings (SSSR count). The third-order valence-corrected chi connectivity index (χ3v) is 3.81. The van der Waals surface area contributed by atoms with Gasteiger partial charge in [-0.25, -0.2) is 9.59 Å². The minimum absolute atomic E-state index is 0.0139. The lowest BCUT2D eigenvalue weighted by Gasteiger charge is -2.13. The molecule has 0 aliphatic heterocycles. The largest absolute Gasteiger partial charge is 0.480 e. The van der Waals surface area contributed by atoms with Gasteiger partial charge in [-0.15, -0.1) is 11.3 Å². The van der Waals surface area contributed by atoms with Gasteiger partial charge in [0.1, 0.15) is 6.04 Å². The predicted molar refractivity (Wildman–Crippen MR) is 72.3 cm³/mol. The Hall–Kier alpha value is -1.60. The number of carbonyl (C=O) groups is 2. The molecule has 1 atom stereocenters. The van der Waals surface area contributed by atoms with Crippen molar-refractivity contribution in [2.24, 2.45) is 0 Å². The number of carboxylic acids is 1. The van der Waals surface area contributed by atoms with Gasteiger partial charge in [0.2, 0.25) is 0 Å². The molecule has 0 unspecified atom stereocenters. The van der Waals surface area contributed by atoms with Crippen molar-refractivity contribution < 1.29 is 19.8 Å². The smallest absolute Gasteiger partial charge is 0.326 e. The Morgan fingerprint density at radius 3 is 2.58 bits per heavy atom. The molecule has 2 amide bonds. The molecule has 0 aromatic carbocycles. The number of amides is 2. The maximum Gasteiger partial charge on any atom is 0.326 e. The Labute approximate surface area is 115 Å². The molecule has 0 fully saturated rings. The number of aliphatic hydroxyl groups excluding tert-OH is 1. The highest BCUT2D eigenvalue weighted by Crippen LogP contribution is 2.20. The first kappa shape index (κ1) is 15.5. The van der Waals surface area contributed by atoms with Gasteiger partial charge >= 0.3 is 12.0 Å². The quantitative estimate of drug-likeness (QED) is 0.627. The number of hydrogen-bond donors (Lipinski definition) is 4.